The zero-order chi connectivity index (χ0) is 25.0. The first kappa shape index (κ1) is 24.2. The monoisotopic (exact) mass is 464 g/mol. The van der Waals surface area contributed by atoms with Gasteiger partial charge in [0.1, 0.15) is 6.04 Å². The Hall–Kier alpha value is -3.92. The summed E-state index contributed by atoms with van der Waals surface area (Å²) >= 11 is 0. The molecule has 0 aliphatic carbocycles. The van der Waals surface area contributed by atoms with Crippen LogP contribution in [-0.2, 0) is 16.1 Å². The van der Waals surface area contributed by atoms with Gasteiger partial charge >= 0.3 is 0 Å². The molecule has 0 aromatic heterocycles. The summed E-state index contributed by atoms with van der Waals surface area (Å²) in [5.74, 6) is -0.408. The van der Waals surface area contributed by atoms with Gasteiger partial charge in [-0.15, -0.1) is 0 Å². The second-order valence-electron chi connectivity index (χ2n) is 9.83. The first-order chi connectivity index (χ1) is 16.8. The van der Waals surface area contributed by atoms with Crippen LogP contribution in [-0.4, -0.2) is 22.3 Å². The van der Waals surface area contributed by atoms with E-state index < -0.39 is 11.6 Å². The van der Waals surface area contributed by atoms with Crippen LogP contribution in [0.3, 0.4) is 0 Å². The molecule has 178 valence electrons. The van der Waals surface area contributed by atoms with Crippen LogP contribution in [0.4, 0.5) is 0 Å². The van der Waals surface area contributed by atoms with E-state index in [1.54, 1.807) is 11.0 Å². The summed E-state index contributed by atoms with van der Waals surface area (Å²) in [5, 5.41) is 7.32. The molecule has 0 radical (unpaired) electrons. The molecule has 1 atom stereocenters. The average molecular weight is 465 g/mol. The normalized spacial score (nSPS) is 12.7. The standard InChI is InChI=1S/C31H32N2O2/c1-5-13-28(34)33(21-22-14-7-6-8-15-22)29(30(35)32-31(2,3)4)27-20-23-16-9-10-17-24(23)25-18-11-12-19-26(25)27/h5-20,29H,21H2,1-4H3,(H,32,35)/b13-5+. The summed E-state index contributed by atoms with van der Waals surface area (Å²) in [5.41, 5.74) is 1.32. The number of nitrogens with one attached hydrogen (secondary N) is 1. The Bertz CT molecular complexity index is 1380. The number of hydrogen-bond acceptors (Lipinski definition) is 2. The maximum Gasteiger partial charge on any atom is 0.247 e. The number of fused-ring (bicyclic) bond motifs is 3. The highest BCUT2D eigenvalue weighted by Crippen LogP contribution is 2.35. The Labute approximate surface area is 207 Å². The molecule has 0 aliphatic heterocycles. The van der Waals surface area contributed by atoms with E-state index in [0.717, 1.165) is 32.7 Å². The highest BCUT2D eigenvalue weighted by atomic mass is 16.2. The number of benzene rings is 4. The van der Waals surface area contributed by atoms with E-state index in [2.05, 4.69) is 29.6 Å². The molecular weight excluding hydrogens is 432 g/mol. The van der Waals surface area contributed by atoms with Gasteiger partial charge in [-0.25, -0.2) is 0 Å². The zero-order valence-corrected chi connectivity index (χ0v) is 20.8. The molecular formula is C31H32N2O2. The summed E-state index contributed by atoms with van der Waals surface area (Å²) < 4.78 is 0. The van der Waals surface area contributed by atoms with Crippen LogP contribution in [0.25, 0.3) is 21.5 Å². The predicted octanol–water partition coefficient (Wildman–Crippen LogP) is 6.55. The van der Waals surface area contributed by atoms with Gasteiger partial charge in [0, 0.05) is 12.1 Å². The molecule has 0 aliphatic rings. The van der Waals surface area contributed by atoms with Crippen molar-refractivity contribution in [2.45, 2.75) is 45.8 Å². The van der Waals surface area contributed by atoms with Gasteiger partial charge in [0.2, 0.25) is 11.8 Å². The van der Waals surface area contributed by atoms with Gasteiger partial charge in [-0.3, -0.25) is 9.59 Å². The minimum absolute atomic E-state index is 0.202. The summed E-state index contributed by atoms with van der Waals surface area (Å²) in [6, 6.07) is 27.3. The smallest absolute Gasteiger partial charge is 0.247 e. The molecule has 0 fully saturated rings. The molecule has 35 heavy (non-hydrogen) atoms. The van der Waals surface area contributed by atoms with E-state index in [0.29, 0.717) is 6.54 Å². The maximum absolute atomic E-state index is 14.0. The van der Waals surface area contributed by atoms with Gasteiger partial charge in [-0.2, -0.15) is 0 Å². The van der Waals surface area contributed by atoms with Crippen LogP contribution >= 0.6 is 0 Å². The van der Waals surface area contributed by atoms with E-state index in [-0.39, 0.29) is 11.8 Å². The molecule has 4 nitrogen and oxygen atoms in total. The summed E-state index contributed by atoms with van der Waals surface area (Å²) in [4.78, 5) is 29.1. The highest BCUT2D eigenvalue weighted by molar-refractivity contribution is 6.10. The van der Waals surface area contributed by atoms with Crippen molar-refractivity contribution in [3.8, 4) is 0 Å². The van der Waals surface area contributed by atoms with Crippen LogP contribution in [0.2, 0.25) is 0 Å². The van der Waals surface area contributed by atoms with Crippen molar-refractivity contribution in [2.75, 3.05) is 0 Å². The molecule has 0 saturated carbocycles. The Morgan fingerprint density at radius 3 is 2.11 bits per heavy atom. The quantitative estimate of drug-likeness (QED) is 0.260. The summed E-state index contributed by atoms with van der Waals surface area (Å²) in [6.45, 7) is 7.99. The molecule has 1 unspecified atom stereocenters. The second-order valence-corrected chi connectivity index (χ2v) is 9.83. The van der Waals surface area contributed by atoms with Crippen LogP contribution < -0.4 is 5.32 Å². The lowest BCUT2D eigenvalue weighted by Crippen LogP contribution is -2.48. The van der Waals surface area contributed by atoms with Crippen molar-refractivity contribution in [1.29, 1.82) is 0 Å². The van der Waals surface area contributed by atoms with Gasteiger partial charge < -0.3 is 10.2 Å². The minimum Gasteiger partial charge on any atom is -0.349 e. The SMILES string of the molecule is C/C=C/C(=O)N(Cc1ccccc1)C(C(=O)NC(C)(C)C)c1cc2ccccc2c2ccccc12. The van der Waals surface area contributed by atoms with E-state index in [4.69, 9.17) is 0 Å². The molecule has 4 heteroatoms. The molecule has 4 aromatic rings. The number of allylic oxidation sites excluding steroid dienone is 1. The number of amides is 2. The van der Waals surface area contributed by atoms with Crippen molar-refractivity contribution >= 4 is 33.4 Å². The second kappa shape index (κ2) is 10.1. The summed E-state index contributed by atoms with van der Waals surface area (Å²) in [6.07, 6.45) is 3.25. The van der Waals surface area contributed by atoms with Gasteiger partial charge in [0.15, 0.2) is 0 Å². The van der Waals surface area contributed by atoms with Gasteiger partial charge in [-0.05, 0) is 72.5 Å². The van der Waals surface area contributed by atoms with Gasteiger partial charge in [0.25, 0.3) is 0 Å². The van der Waals surface area contributed by atoms with Crippen LogP contribution in [0, 0.1) is 0 Å². The Morgan fingerprint density at radius 2 is 1.46 bits per heavy atom. The molecule has 0 saturated heterocycles. The molecule has 4 aromatic carbocycles. The number of carbonyl (C=O) groups is 2. The molecule has 0 heterocycles. The lowest BCUT2D eigenvalue weighted by Gasteiger charge is -2.34. The third-order valence-electron chi connectivity index (χ3n) is 5.94. The number of hydrogen-bond donors (Lipinski definition) is 1. The van der Waals surface area contributed by atoms with E-state index in [1.165, 1.54) is 6.08 Å². The van der Waals surface area contributed by atoms with Gasteiger partial charge in [0.05, 0.1) is 0 Å². The van der Waals surface area contributed by atoms with E-state index in [1.807, 2.05) is 88.4 Å². The van der Waals surface area contributed by atoms with Gasteiger partial charge in [-0.1, -0.05) is 84.9 Å². The minimum atomic E-state index is -0.812. The maximum atomic E-state index is 14.0. The zero-order valence-electron chi connectivity index (χ0n) is 20.8. The first-order valence-corrected chi connectivity index (χ1v) is 12.0. The first-order valence-electron chi connectivity index (χ1n) is 12.0. The predicted molar refractivity (Wildman–Crippen MR) is 144 cm³/mol. The number of carbonyl (C=O) groups excluding carboxylic acids is 2. The lowest BCUT2D eigenvalue weighted by molar-refractivity contribution is -0.138. The van der Waals surface area contributed by atoms with Crippen molar-refractivity contribution in [2.24, 2.45) is 0 Å². The fraction of sp³-hybridized carbons (Fsp3) is 0.226. The van der Waals surface area contributed by atoms with Crippen molar-refractivity contribution < 1.29 is 9.59 Å². The summed E-state index contributed by atoms with van der Waals surface area (Å²) in [7, 11) is 0. The molecule has 4 rings (SSSR count). The molecule has 2 amide bonds. The molecule has 0 spiro atoms. The van der Waals surface area contributed by atoms with Crippen molar-refractivity contribution in [1.82, 2.24) is 10.2 Å². The lowest BCUT2D eigenvalue weighted by atomic mass is 9.91. The van der Waals surface area contributed by atoms with Crippen molar-refractivity contribution in [3.63, 3.8) is 0 Å². The van der Waals surface area contributed by atoms with Crippen LogP contribution in [0.15, 0.2) is 97.1 Å². The van der Waals surface area contributed by atoms with Crippen LogP contribution in [0.1, 0.15) is 44.9 Å². The number of rotatable bonds is 6. The van der Waals surface area contributed by atoms with Crippen molar-refractivity contribution in [3.05, 3.63) is 108 Å². The van der Waals surface area contributed by atoms with Crippen LogP contribution in [0.5, 0.6) is 0 Å². The Kier molecular flexibility index (Phi) is 7.02. The topological polar surface area (TPSA) is 49.4 Å². The van der Waals surface area contributed by atoms with E-state index >= 15 is 0 Å². The molecule has 0 bridgehead atoms. The number of nitrogens with zero attached hydrogens (tertiary/aromatic N) is 1. The third-order valence-corrected chi connectivity index (χ3v) is 5.94. The third kappa shape index (κ3) is 5.43. The Morgan fingerprint density at radius 1 is 0.857 bits per heavy atom. The highest BCUT2D eigenvalue weighted by Gasteiger charge is 2.34. The fourth-order valence-electron chi connectivity index (χ4n) is 4.51. The molecule has 1 N–H and O–H groups in total. The Balaban J connectivity index is 1.98. The fourth-order valence-corrected chi connectivity index (χ4v) is 4.51. The largest absolute Gasteiger partial charge is 0.349 e. The van der Waals surface area contributed by atoms with E-state index in [9.17, 15) is 9.59 Å². The average Bonchev–Trinajstić information content (AvgIpc) is 2.83.